The van der Waals surface area contributed by atoms with Crippen LogP contribution in [0.5, 0.6) is 0 Å². The van der Waals surface area contributed by atoms with Gasteiger partial charge in [0.15, 0.2) is 0 Å². The van der Waals surface area contributed by atoms with Gasteiger partial charge in [-0.15, -0.1) is 0 Å². The van der Waals surface area contributed by atoms with E-state index in [-0.39, 0.29) is 17.9 Å². The molecular formula is C15H19N3O3. The highest BCUT2D eigenvalue weighted by molar-refractivity contribution is 5.91. The number of aromatic nitrogens is 2. The van der Waals surface area contributed by atoms with Crippen LogP contribution in [0.4, 0.5) is 5.95 Å². The average molecular weight is 289 g/mol. The lowest BCUT2D eigenvalue weighted by Gasteiger charge is -2.18. The maximum atomic E-state index is 12.4. The Kier molecular flexibility index (Phi) is 3.35. The second-order valence-electron chi connectivity index (χ2n) is 6.03. The summed E-state index contributed by atoms with van der Waals surface area (Å²) in [4.78, 5) is 21.1. The SMILES string of the molecule is O=C(Nc1ncc2c(n1)CCOC2)[C@@H]1CCO[C@H]1C1CC1. The summed E-state index contributed by atoms with van der Waals surface area (Å²) in [6.07, 6.45) is 5.79. The fraction of sp³-hybridized carbons (Fsp3) is 0.667. The molecule has 2 atom stereocenters. The number of carbonyl (C=O) groups excluding carboxylic acids is 1. The summed E-state index contributed by atoms with van der Waals surface area (Å²) in [5.41, 5.74) is 1.99. The molecule has 3 aliphatic rings. The maximum absolute atomic E-state index is 12.4. The van der Waals surface area contributed by atoms with E-state index < -0.39 is 0 Å². The van der Waals surface area contributed by atoms with E-state index in [9.17, 15) is 4.79 Å². The zero-order chi connectivity index (χ0) is 14.2. The Hall–Kier alpha value is -1.53. The molecule has 1 aliphatic carbocycles. The summed E-state index contributed by atoms with van der Waals surface area (Å²) >= 11 is 0. The van der Waals surface area contributed by atoms with Crippen LogP contribution in [0, 0.1) is 11.8 Å². The quantitative estimate of drug-likeness (QED) is 0.908. The molecule has 4 rings (SSSR count). The first kappa shape index (κ1) is 13.2. The molecule has 1 aromatic rings. The number of rotatable bonds is 3. The van der Waals surface area contributed by atoms with E-state index in [2.05, 4.69) is 15.3 Å². The molecular weight excluding hydrogens is 270 g/mol. The molecule has 112 valence electrons. The van der Waals surface area contributed by atoms with Gasteiger partial charge in [0.05, 0.1) is 30.9 Å². The molecule has 1 saturated carbocycles. The smallest absolute Gasteiger partial charge is 0.232 e. The number of ether oxygens (including phenoxy) is 2. The fourth-order valence-corrected chi connectivity index (χ4v) is 3.17. The molecule has 1 N–H and O–H groups in total. The molecule has 6 nitrogen and oxygen atoms in total. The van der Waals surface area contributed by atoms with Crippen LogP contribution in [-0.4, -0.2) is 35.2 Å². The number of hydrogen-bond acceptors (Lipinski definition) is 5. The Morgan fingerprint density at radius 2 is 2.19 bits per heavy atom. The summed E-state index contributed by atoms with van der Waals surface area (Å²) in [6.45, 7) is 1.92. The van der Waals surface area contributed by atoms with Gasteiger partial charge in [0.2, 0.25) is 11.9 Å². The van der Waals surface area contributed by atoms with E-state index in [1.54, 1.807) is 6.20 Å². The summed E-state index contributed by atoms with van der Waals surface area (Å²) in [5, 5.41) is 2.86. The minimum absolute atomic E-state index is 0.00332. The van der Waals surface area contributed by atoms with Crippen molar-refractivity contribution < 1.29 is 14.3 Å². The van der Waals surface area contributed by atoms with Gasteiger partial charge in [0.1, 0.15) is 0 Å². The van der Waals surface area contributed by atoms with Gasteiger partial charge in [0.25, 0.3) is 0 Å². The molecule has 2 aliphatic heterocycles. The van der Waals surface area contributed by atoms with E-state index in [0.717, 1.165) is 24.1 Å². The zero-order valence-electron chi connectivity index (χ0n) is 11.9. The summed E-state index contributed by atoms with van der Waals surface area (Å²) in [5.74, 6) is 0.920. The lowest BCUT2D eigenvalue weighted by atomic mass is 9.97. The van der Waals surface area contributed by atoms with Crippen molar-refractivity contribution in [2.24, 2.45) is 11.8 Å². The molecule has 21 heavy (non-hydrogen) atoms. The van der Waals surface area contributed by atoms with Gasteiger partial charge in [-0.25, -0.2) is 9.97 Å². The molecule has 0 radical (unpaired) electrons. The van der Waals surface area contributed by atoms with Crippen LogP contribution in [0.25, 0.3) is 0 Å². The van der Waals surface area contributed by atoms with Crippen LogP contribution in [0.2, 0.25) is 0 Å². The molecule has 6 heteroatoms. The molecule has 1 saturated heterocycles. The predicted octanol–water partition coefficient (Wildman–Crippen LogP) is 1.30. The zero-order valence-corrected chi connectivity index (χ0v) is 11.9. The van der Waals surface area contributed by atoms with Gasteiger partial charge in [-0.2, -0.15) is 0 Å². The number of hydrogen-bond donors (Lipinski definition) is 1. The first-order valence-electron chi connectivity index (χ1n) is 7.66. The molecule has 1 amide bonds. The van der Waals surface area contributed by atoms with Gasteiger partial charge >= 0.3 is 0 Å². The average Bonchev–Trinajstić information content (AvgIpc) is 3.24. The van der Waals surface area contributed by atoms with E-state index in [1.807, 2.05) is 0 Å². The number of anilines is 1. The lowest BCUT2D eigenvalue weighted by molar-refractivity contribution is -0.121. The number of nitrogens with one attached hydrogen (secondary N) is 1. The Labute approximate surface area is 123 Å². The molecule has 3 heterocycles. The minimum Gasteiger partial charge on any atom is -0.377 e. The minimum atomic E-state index is -0.0551. The van der Waals surface area contributed by atoms with Crippen LogP contribution >= 0.6 is 0 Å². The molecule has 0 bridgehead atoms. The van der Waals surface area contributed by atoms with Crippen molar-refractivity contribution in [1.82, 2.24) is 9.97 Å². The van der Waals surface area contributed by atoms with Crippen molar-refractivity contribution in [3.8, 4) is 0 Å². The van der Waals surface area contributed by atoms with Crippen molar-refractivity contribution in [3.63, 3.8) is 0 Å². The predicted molar refractivity (Wildman–Crippen MR) is 74.6 cm³/mol. The van der Waals surface area contributed by atoms with Crippen molar-refractivity contribution >= 4 is 11.9 Å². The monoisotopic (exact) mass is 289 g/mol. The van der Waals surface area contributed by atoms with Gasteiger partial charge in [-0.3, -0.25) is 10.1 Å². The number of nitrogens with zero attached hydrogens (tertiary/aromatic N) is 2. The highest BCUT2D eigenvalue weighted by Crippen LogP contribution is 2.41. The van der Waals surface area contributed by atoms with E-state index in [0.29, 0.717) is 31.7 Å². The van der Waals surface area contributed by atoms with Gasteiger partial charge in [0, 0.05) is 24.8 Å². The Bertz CT molecular complexity index is 559. The van der Waals surface area contributed by atoms with Crippen molar-refractivity contribution in [2.45, 2.75) is 38.4 Å². The van der Waals surface area contributed by atoms with Gasteiger partial charge in [-0.05, 0) is 25.2 Å². The normalized spacial score (nSPS) is 28.2. The van der Waals surface area contributed by atoms with Crippen LogP contribution in [0.1, 0.15) is 30.5 Å². The Morgan fingerprint density at radius 1 is 1.29 bits per heavy atom. The summed E-state index contributed by atoms with van der Waals surface area (Å²) < 4.78 is 11.1. The fourth-order valence-electron chi connectivity index (χ4n) is 3.17. The van der Waals surface area contributed by atoms with Gasteiger partial charge in [-0.1, -0.05) is 0 Å². The topological polar surface area (TPSA) is 73.3 Å². The van der Waals surface area contributed by atoms with Crippen molar-refractivity contribution in [2.75, 3.05) is 18.5 Å². The standard InChI is InChI=1S/C15H19N3O3/c19-14(11-3-6-21-13(11)9-1-2-9)18-15-16-7-10-8-20-5-4-12(10)17-15/h7,9,11,13H,1-6,8H2,(H,16,17,18,19)/t11-,13+/m1/s1. The van der Waals surface area contributed by atoms with Crippen LogP contribution in [-0.2, 0) is 27.3 Å². The van der Waals surface area contributed by atoms with Crippen LogP contribution < -0.4 is 5.32 Å². The highest BCUT2D eigenvalue weighted by atomic mass is 16.5. The molecule has 0 spiro atoms. The van der Waals surface area contributed by atoms with E-state index >= 15 is 0 Å². The second kappa shape index (κ2) is 5.35. The summed E-state index contributed by atoms with van der Waals surface area (Å²) in [7, 11) is 0. The number of amides is 1. The van der Waals surface area contributed by atoms with E-state index in [1.165, 1.54) is 12.8 Å². The number of fused-ring (bicyclic) bond motifs is 1. The lowest BCUT2D eigenvalue weighted by Crippen LogP contribution is -2.31. The van der Waals surface area contributed by atoms with Crippen LogP contribution in [0.15, 0.2) is 6.20 Å². The molecule has 0 unspecified atom stereocenters. The molecule has 1 aromatic heterocycles. The van der Waals surface area contributed by atoms with Crippen molar-refractivity contribution in [1.29, 1.82) is 0 Å². The third-order valence-electron chi connectivity index (χ3n) is 4.49. The van der Waals surface area contributed by atoms with Gasteiger partial charge < -0.3 is 9.47 Å². The highest BCUT2D eigenvalue weighted by Gasteiger charge is 2.43. The first-order valence-corrected chi connectivity index (χ1v) is 7.66. The number of carbonyl (C=O) groups is 1. The molecule has 0 aromatic carbocycles. The maximum Gasteiger partial charge on any atom is 0.232 e. The third kappa shape index (κ3) is 2.65. The first-order chi connectivity index (χ1) is 10.3. The summed E-state index contributed by atoms with van der Waals surface area (Å²) in [6, 6.07) is 0. The largest absolute Gasteiger partial charge is 0.377 e. The third-order valence-corrected chi connectivity index (χ3v) is 4.49. The van der Waals surface area contributed by atoms with E-state index in [4.69, 9.17) is 9.47 Å². The Morgan fingerprint density at radius 3 is 3.05 bits per heavy atom. The van der Waals surface area contributed by atoms with Crippen LogP contribution in [0.3, 0.4) is 0 Å². The second-order valence-corrected chi connectivity index (χ2v) is 6.03. The van der Waals surface area contributed by atoms with Crippen molar-refractivity contribution in [3.05, 3.63) is 17.5 Å². The Balaban J connectivity index is 1.46. The molecule has 2 fully saturated rings.